The average molecular weight is 409 g/mol. The Bertz CT molecular complexity index is 1030. The molecule has 0 spiro atoms. The van der Waals surface area contributed by atoms with E-state index in [-0.39, 0.29) is 17.2 Å². The van der Waals surface area contributed by atoms with Crippen molar-refractivity contribution in [2.24, 2.45) is 0 Å². The summed E-state index contributed by atoms with van der Waals surface area (Å²) in [6, 6.07) is 12.3. The molecule has 2 aromatic rings. The van der Waals surface area contributed by atoms with Gasteiger partial charge in [-0.25, -0.2) is 21.6 Å². The van der Waals surface area contributed by atoms with Gasteiger partial charge in [-0.1, -0.05) is 29.8 Å². The highest BCUT2D eigenvalue weighted by Gasteiger charge is 2.27. The first-order valence-corrected chi connectivity index (χ1v) is 11.9. The Kier molecular flexibility index (Phi) is 5.60. The minimum atomic E-state index is -3.69. The Morgan fingerprint density at radius 2 is 1.74 bits per heavy atom. The largest absolute Gasteiger partial charge is 0.270 e. The number of anilines is 1. The third-order valence-corrected chi connectivity index (χ3v) is 8.10. The van der Waals surface area contributed by atoms with Crippen LogP contribution in [-0.4, -0.2) is 29.1 Å². The molecule has 0 atom stereocenters. The highest BCUT2D eigenvalue weighted by molar-refractivity contribution is 7.92. The molecule has 0 amide bonds. The summed E-state index contributed by atoms with van der Waals surface area (Å²) >= 11 is 0. The molecule has 0 unspecified atom stereocenters. The Morgan fingerprint density at radius 3 is 2.37 bits per heavy atom. The minimum absolute atomic E-state index is 0.129. The van der Waals surface area contributed by atoms with Crippen molar-refractivity contribution in [1.29, 1.82) is 0 Å². The van der Waals surface area contributed by atoms with Gasteiger partial charge in [0.05, 0.1) is 16.3 Å². The maximum atomic E-state index is 12.7. The number of benzene rings is 2. The van der Waals surface area contributed by atoms with Gasteiger partial charge in [0.15, 0.2) is 0 Å². The Hall–Kier alpha value is -1.90. The van der Waals surface area contributed by atoms with Crippen LogP contribution in [-0.2, 0) is 26.6 Å². The molecule has 27 heavy (non-hydrogen) atoms. The van der Waals surface area contributed by atoms with Crippen molar-refractivity contribution in [3.63, 3.8) is 0 Å². The number of nitrogens with one attached hydrogen (secondary N) is 1. The third-order valence-electron chi connectivity index (χ3n) is 4.67. The lowest BCUT2D eigenvalue weighted by Gasteiger charge is -2.28. The van der Waals surface area contributed by atoms with Gasteiger partial charge in [0.25, 0.3) is 0 Å². The van der Waals surface area contributed by atoms with Crippen LogP contribution in [0.4, 0.5) is 5.69 Å². The molecule has 146 valence electrons. The lowest BCUT2D eigenvalue weighted by Crippen LogP contribution is -2.37. The molecule has 0 saturated carbocycles. The molecule has 0 aromatic heterocycles. The number of hydrogen-bond donors (Lipinski definition) is 1. The molecule has 1 heterocycles. The monoisotopic (exact) mass is 408 g/mol. The van der Waals surface area contributed by atoms with Gasteiger partial charge in [-0.2, -0.15) is 0 Å². The van der Waals surface area contributed by atoms with Crippen LogP contribution in [0.25, 0.3) is 0 Å². The molecular weight excluding hydrogens is 384 g/mol. The zero-order valence-corrected chi connectivity index (χ0v) is 17.1. The first-order valence-electron chi connectivity index (χ1n) is 8.85. The van der Waals surface area contributed by atoms with Crippen molar-refractivity contribution < 1.29 is 16.8 Å². The van der Waals surface area contributed by atoms with E-state index in [1.807, 2.05) is 31.2 Å². The summed E-state index contributed by atoms with van der Waals surface area (Å²) in [6.45, 7) is 4.28. The van der Waals surface area contributed by atoms with E-state index >= 15 is 0 Å². The first-order chi connectivity index (χ1) is 12.7. The van der Waals surface area contributed by atoms with Crippen LogP contribution in [0.1, 0.15) is 29.5 Å². The Balaban J connectivity index is 1.80. The lowest BCUT2D eigenvalue weighted by atomic mass is 10.2. The zero-order valence-electron chi connectivity index (χ0n) is 15.5. The molecule has 8 heteroatoms. The van der Waals surface area contributed by atoms with E-state index in [1.54, 1.807) is 19.1 Å². The number of nitrogens with zero attached hydrogens (tertiary/aromatic N) is 1. The summed E-state index contributed by atoms with van der Waals surface area (Å²) in [5.41, 5.74) is 3.02. The van der Waals surface area contributed by atoms with E-state index < -0.39 is 20.0 Å². The molecule has 1 aliphatic rings. The van der Waals surface area contributed by atoms with Gasteiger partial charge in [-0.3, -0.25) is 4.31 Å². The Labute approximate surface area is 161 Å². The minimum Gasteiger partial charge on any atom is -0.270 e. The van der Waals surface area contributed by atoms with Crippen molar-refractivity contribution in [3.05, 3.63) is 59.2 Å². The second kappa shape index (κ2) is 7.61. The molecule has 0 radical (unpaired) electrons. The van der Waals surface area contributed by atoms with Crippen LogP contribution in [0.15, 0.2) is 47.4 Å². The third kappa shape index (κ3) is 4.51. The van der Waals surface area contributed by atoms with Crippen molar-refractivity contribution in [2.45, 2.75) is 38.1 Å². The summed E-state index contributed by atoms with van der Waals surface area (Å²) in [6.07, 6.45) is 1.46. The summed E-state index contributed by atoms with van der Waals surface area (Å²) in [5.74, 6) is 0.129. The van der Waals surface area contributed by atoms with Crippen molar-refractivity contribution in [1.82, 2.24) is 4.72 Å². The average Bonchev–Trinajstić information content (AvgIpc) is 2.60. The number of aryl methyl sites for hydroxylation is 2. The summed E-state index contributed by atoms with van der Waals surface area (Å²) in [5, 5.41) is 0. The van der Waals surface area contributed by atoms with E-state index in [0.29, 0.717) is 24.2 Å². The first kappa shape index (κ1) is 19.9. The molecule has 3 rings (SSSR count). The topological polar surface area (TPSA) is 83.6 Å². The van der Waals surface area contributed by atoms with Gasteiger partial charge in [0.2, 0.25) is 20.0 Å². The molecule has 6 nitrogen and oxygen atoms in total. The van der Waals surface area contributed by atoms with E-state index in [2.05, 4.69) is 4.72 Å². The standard InChI is InChI=1S/C19H24N2O4S2/c1-15-5-7-17(8-6-15)14-20-27(24,25)19-10-9-18(13-16(19)2)21-11-3-4-12-26(21,22)23/h5-10,13,20H,3-4,11-12,14H2,1-2H3. The summed E-state index contributed by atoms with van der Waals surface area (Å²) < 4.78 is 53.8. The van der Waals surface area contributed by atoms with Gasteiger partial charge in [-0.15, -0.1) is 0 Å². The predicted molar refractivity (Wildman–Crippen MR) is 107 cm³/mol. The van der Waals surface area contributed by atoms with Crippen molar-refractivity contribution in [3.8, 4) is 0 Å². The van der Waals surface area contributed by atoms with E-state index in [9.17, 15) is 16.8 Å². The fourth-order valence-electron chi connectivity index (χ4n) is 3.13. The van der Waals surface area contributed by atoms with Crippen molar-refractivity contribution >= 4 is 25.7 Å². The molecule has 0 aliphatic carbocycles. The van der Waals surface area contributed by atoms with Crippen molar-refractivity contribution in [2.75, 3.05) is 16.6 Å². The SMILES string of the molecule is Cc1ccc(CNS(=O)(=O)c2ccc(N3CCCCS3(=O)=O)cc2C)cc1. The van der Waals surface area contributed by atoms with Crippen LogP contribution in [0.5, 0.6) is 0 Å². The lowest BCUT2D eigenvalue weighted by molar-refractivity contribution is 0.574. The smallest absolute Gasteiger partial charge is 0.241 e. The summed E-state index contributed by atoms with van der Waals surface area (Å²) in [4.78, 5) is 0.160. The number of sulfonamides is 2. The van der Waals surface area contributed by atoms with Crippen LogP contribution in [0, 0.1) is 13.8 Å². The second-order valence-corrected chi connectivity index (χ2v) is 10.6. The number of hydrogen-bond acceptors (Lipinski definition) is 4. The molecule has 1 saturated heterocycles. The number of rotatable bonds is 5. The maximum Gasteiger partial charge on any atom is 0.241 e. The quantitative estimate of drug-likeness (QED) is 0.825. The van der Waals surface area contributed by atoms with Gasteiger partial charge >= 0.3 is 0 Å². The molecule has 0 bridgehead atoms. The van der Waals surface area contributed by atoms with E-state index in [4.69, 9.17) is 0 Å². The molecule has 2 aromatic carbocycles. The van der Waals surface area contributed by atoms with Crippen LogP contribution < -0.4 is 9.03 Å². The normalized spacial score (nSPS) is 17.0. The fourth-order valence-corrected chi connectivity index (χ4v) is 6.00. The molecular formula is C19H24N2O4S2. The zero-order chi connectivity index (χ0) is 19.7. The highest BCUT2D eigenvalue weighted by Crippen LogP contribution is 2.27. The fraction of sp³-hybridized carbons (Fsp3) is 0.368. The summed E-state index contributed by atoms with van der Waals surface area (Å²) in [7, 11) is -7.02. The highest BCUT2D eigenvalue weighted by atomic mass is 32.2. The predicted octanol–water partition coefficient (Wildman–Crippen LogP) is 2.71. The van der Waals surface area contributed by atoms with Crippen LogP contribution >= 0.6 is 0 Å². The molecule has 1 N–H and O–H groups in total. The van der Waals surface area contributed by atoms with Gasteiger partial charge in [-0.05, 0) is 56.0 Å². The Morgan fingerprint density at radius 1 is 1.04 bits per heavy atom. The van der Waals surface area contributed by atoms with E-state index in [1.165, 1.54) is 10.4 Å². The van der Waals surface area contributed by atoms with Gasteiger partial charge in [0.1, 0.15) is 0 Å². The van der Waals surface area contributed by atoms with Crippen LogP contribution in [0.3, 0.4) is 0 Å². The van der Waals surface area contributed by atoms with Gasteiger partial charge in [0, 0.05) is 13.1 Å². The second-order valence-electron chi connectivity index (χ2n) is 6.86. The maximum absolute atomic E-state index is 12.7. The van der Waals surface area contributed by atoms with Crippen LogP contribution in [0.2, 0.25) is 0 Å². The molecule has 1 aliphatic heterocycles. The van der Waals surface area contributed by atoms with Gasteiger partial charge < -0.3 is 0 Å². The van der Waals surface area contributed by atoms with E-state index in [0.717, 1.165) is 17.5 Å². The molecule has 1 fully saturated rings.